The largest absolute Gasteiger partial charge is 0.438 e. The van der Waals surface area contributed by atoms with Gasteiger partial charge in [0.05, 0.1) is 59.0 Å². The summed E-state index contributed by atoms with van der Waals surface area (Å²) in [6.45, 7) is 13.9. The number of nitrogens with zero attached hydrogens (tertiary/aromatic N) is 9. The molecule has 1 saturated carbocycles. The topological polar surface area (TPSA) is 165 Å². The number of carbonyl (C=O) groups is 1. The van der Waals surface area contributed by atoms with Gasteiger partial charge in [-0.2, -0.15) is 10.2 Å². The van der Waals surface area contributed by atoms with Crippen molar-refractivity contribution in [3.8, 4) is 17.2 Å². The van der Waals surface area contributed by atoms with Crippen LogP contribution in [0.15, 0.2) is 81.2 Å². The van der Waals surface area contributed by atoms with Crippen molar-refractivity contribution in [2.75, 3.05) is 26.9 Å². The van der Waals surface area contributed by atoms with Crippen LogP contribution >= 0.6 is 11.6 Å². The fourth-order valence-electron chi connectivity index (χ4n) is 11.1. The lowest BCUT2D eigenvalue weighted by Crippen LogP contribution is -2.41. The normalized spacial score (nSPS) is 21.2. The van der Waals surface area contributed by atoms with E-state index in [0.717, 1.165) is 40.6 Å². The van der Waals surface area contributed by atoms with Gasteiger partial charge in [-0.1, -0.05) is 29.7 Å². The Hall–Kier alpha value is -6.56. The summed E-state index contributed by atoms with van der Waals surface area (Å²) in [6, 6.07) is 14.9. The number of nitrogens with one attached hydrogen (secondary N) is 1. The standard InChI is InChI=1S/C50H52ClFN10O6/c1-27-20-34(21-28(2)42(27)51)62-44(59-16-15-58(48(59)65)39-11-10-38-35(43(39)52)26-53-60(38)17-19-66-7)41-30(4)57(14-12-36(41)55-62)45(63)40-23-33-22-31(32-13-18-67-49(5,6)25-32)8-9-37(33)61(40)50(24-29(50)3)46-54-47(64)68-56-46/h8-11,15-16,20-23,26,29-30,32H,12-14,17-19,24-25H2,1-7H3,(H,54,56,64)/t29-,30-,32?,50-/m0/s1. The summed E-state index contributed by atoms with van der Waals surface area (Å²) in [5, 5.41) is 15.5. The maximum Gasteiger partial charge on any atom is 0.438 e. The molecular weight excluding hydrogens is 891 g/mol. The van der Waals surface area contributed by atoms with E-state index in [1.807, 2.05) is 48.4 Å². The summed E-state index contributed by atoms with van der Waals surface area (Å²) < 4.78 is 41.0. The minimum Gasteiger partial charge on any atom is -0.383 e. The van der Waals surface area contributed by atoms with Gasteiger partial charge in [0.1, 0.15) is 17.1 Å². The minimum absolute atomic E-state index is 0.0103. The molecule has 5 aromatic heterocycles. The van der Waals surface area contributed by atoms with E-state index < -0.39 is 28.8 Å². The van der Waals surface area contributed by atoms with Gasteiger partial charge in [0.15, 0.2) is 11.6 Å². The van der Waals surface area contributed by atoms with Gasteiger partial charge in [0, 0.05) is 60.6 Å². The molecule has 2 fully saturated rings. The van der Waals surface area contributed by atoms with Crippen LogP contribution in [-0.4, -0.2) is 86.7 Å². The number of hydrogen-bond donors (Lipinski definition) is 1. The number of H-pyrrole nitrogens is 1. The molecule has 1 amide bonds. The molecule has 4 atom stereocenters. The van der Waals surface area contributed by atoms with Crippen LogP contribution in [0.2, 0.25) is 5.02 Å². The minimum atomic E-state index is -0.845. The Morgan fingerprint density at radius 3 is 2.47 bits per heavy atom. The van der Waals surface area contributed by atoms with Crippen molar-refractivity contribution in [3.05, 3.63) is 138 Å². The fourth-order valence-corrected chi connectivity index (χ4v) is 11.2. The molecule has 352 valence electrons. The zero-order chi connectivity index (χ0) is 47.6. The number of aromatic nitrogens is 9. The third-order valence-corrected chi connectivity index (χ3v) is 15.2. The van der Waals surface area contributed by atoms with E-state index in [1.54, 1.807) is 41.0 Å². The van der Waals surface area contributed by atoms with Crippen molar-refractivity contribution in [2.45, 2.75) is 96.9 Å². The van der Waals surface area contributed by atoms with Crippen molar-refractivity contribution in [1.82, 2.24) is 48.3 Å². The maximum absolute atomic E-state index is 16.4. The van der Waals surface area contributed by atoms with Crippen molar-refractivity contribution >= 4 is 39.3 Å². The van der Waals surface area contributed by atoms with E-state index in [-0.39, 0.29) is 34.4 Å². The third-order valence-electron chi connectivity index (χ3n) is 14.6. The smallest absolute Gasteiger partial charge is 0.383 e. The lowest BCUT2D eigenvalue weighted by molar-refractivity contribution is -0.0592. The zero-order valence-electron chi connectivity index (χ0n) is 39.0. The fraction of sp³-hybridized carbons (Fsp3) is 0.400. The Morgan fingerprint density at radius 2 is 1.76 bits per heavy atom. The highest BCUT2D eigenvalue weighted by molar-refractivity contribution is 6.32. The van der Waals surface area contributed by atoms with Gasteiger partial charge in [-0.25, -0.2) is 18.7 Å². The first-order chi connectivity index (χ1) is 32.6. The van der Waals surface area contributed by atoms with Crippen LogP contribution < -0.4 is 11.4 Å². The van der Waals surface area contributed by atoms with Crippen LogP contribution in [0.1, 0.15) is 103 Å². The Bertz CT molecular complexity index is 3440. The van der Waals surface area contributed by atoms with E-state index in [0.29, 0.717) is 78.3 Å². The highest BCUT2D eigenvalue weighted by Crippen LogP contribution is 2.56. The molecule has 3 aromatic carbocycles. The van der Waals surface area contributed by atoms with Crippen molar-refractivity contribution < 1.29 is 23.2 Å². The number of halogens is 2. The lowest BCUT2D eigenvalue weighted by Gasteiger charge is -2.35. The average Bonchev–Trinajstić information content (AvgIpc) is 3.96. The molecule has 3 aliphatic rings. The molecule has 1 aliphatic carbocycles. The van der Waals surface area contributed by atoms with E-state index in [2.05, 4.69) is 54.2 Å². The molecule has 8 aromatic rings. The van der Waals surface area contributed by atoms with Gasteiger partial charge in [-0.15, -0.1) is 0 Å². The Balaban J connectivity index is 1.04. The summed E-state index contributed by atoms with van der Waals surface area (Å²) in [5.41, 5.74) is 5.16. The van der Waals surface area contributed by atoms with Crippen LogP contribution in [0, 0.1) is 25.6 Å². The first-order valence-corrected chi connectivity index (χ1v) is 23.5. The van der Waals surface area contributed by atoms with Crippen LogP contribution in [0.4, 0.5) is 4.39 Å². The molecular formula is C50H52ClFN10O6. The number of methoxy groups -OCH3 is 1. The van der Waals surface area contributed by atoms with Gasteiger partial charge in [-0.05, 0) is 125 Å². The van der Waals surface area contributed by atoms with E-state index in [4.69, 9.17) is 30.7 Å². The molecule has 0 bridgehead atoms. The van der Waals surface area contributed by atoms with E-state index >= 15 is 9.18 Å². The predicted octanol–water partition coefficient (Wildman–Crippen LogP) is 8.07. The van der Waals surface area contributed by atoms with Crippen molar-refractivity contribution in [2.24, 2.45) is 5.92 Å². The maximum atomic E-state index is 16.4. The van der Waals surface area contributed by atoms with Crippen molar-refractivity contribution in [3.63, 3.8) is 0 Å². The monoisotopic (exact) mass is 942 g/mol. The quantitative estimate of drug-likeness (QED) is 0.143. The number of carbonyl (C=O) groups excluding carboxylic acids is 1. The number of fused-ring (bicyclic) bond motifs is 3. The zero-order valence-corrected chi connectivity index (χ0v) is 39.7. The molecule has 1 N–H and O–H groups in total. The molecule has 7 heterocycles. The van der Waals surface area contributed by atoms with Crippen LogP contribution in [0.25, 0.3) is 39.0 Å². The summed E-state index contributed by atoms with van der Waals surface area (Å²) in [6.07, 6.45) is 7.36. The molecule has 11 rings (SSSR count). The third kappa shape index (κ3) is 6.83. The summed E-state index contributed by atoms with van der Waals surface area (Å²) in [4.78, 5) is 47.6. The number of benzene rings is 3. The number of hydrogen-bond acceptors (Lipinski definition) is 9. The SMILES string of the molecule is COCCn1ncc2c(F)c(-n3ccn(-c4c5c(nn4-c4cc(C)c(Cl)c(C)c4)CCN(C(=O)c4cc6cc(C7CCOC(C)(C)C7)ccc6n4[C@@]4(c6noc(=O)[nH]6)C[C@@H]4C)[C@H]5C)c3=O)ccc21. The molecule has 68 heavy (non-hydrogen) atoms. The molecule has 1 unspecified atom stereocenters. The van der Waals surface area contributed by atoms with Crippen molar-refractivity contribution in [1.29, 1.82) is 0 Å². The van der Waals surface area contributed by atoms with Gasteiger partial charge in [0.25, 0.3) is 5.91 Å². The van der Waals surface area contributed by atoms with Crippen LogP contribution in [0.5, 0.6) is 0 Å². The number of aryl methyl sites for hydroxylation is 2. The second-order valence-corrected chi connectivity index (χ2v) is 19.8. The van der Waals surface area contributed by atoms with Gasteiger partial charge in [-0.3, -0.25) is 28.1 Å². The number of amides is 1. The predicted molar refractivity (Wildman–Crippen MR) is 253 cm³/mol. The molecule has 18 heteroatoms. The summed E-state index contributed by atoms with van der Waals surface area (Å²) in [7, 11) is 1.59. The number of ether oxygens (including phenoxy) is 2. The Kier molecular flexibility index (Phi) is 10.4. The number of imidazole rings is 1. The van der Waals surface area contributed by atoms with Gasteiger partial charge >= 0.3 is 11.4 Å². The van der Waals surface area contributed by atoms with Crippen LogP contribution in [-0.2, 0) is 28.0 Å². The van der Waals surface area contributed by atoms with E-state index in [1.165, 1.54) is 20.9 Å². The Labute approximate surface area is 394 Å². The average molecular weight is 943 g/mol. The van der Waals surface area contributed by atoms with E-state index in [9.17, 15) is 9.59 Å². The molecule has 2 aliphatic heterocycles. The summed E-state index contributed by atoms with van der Waals surface area (Å²) >= 11 is 6.68. The van der Waals surface area contributed by atoms with Gasteiger partial charge in [0.2, 0.25) is 0 Å². The number of rotatable bonds is 10. The molecule has 16 nitrogen and oxygen atoms in total. The molecule has 0 spiro atoms. The molecule has 0 radical (unpaired) electrons. The second-order valence-electron chi connectivity index (χ2n) is 19.4. The van der Waals surface area contributed by atoms with Gasteiger partial charge < -0.3 is 18.9 Å². The lowest BCUT2D eigenvalue weighted by atomic mass is 9.83. The number of aromatic amines is 1. The highest BCUT2D eigenvalue weighted by atomic mass is 35.5. The molecule has 1 saturated heterocycles. The second kappa shape index (κ2) is 16.0. The Morgan fingerprint density at radius 1 is 1.01 bits per heavy atom. The summed E-state index contributed by atoms with van der Waals surface area (Å²) in [5.74, 6) is -0.425. The first kappa shape index (κ1) is 44.0. The highest BCUT2D eigenvalue weighted by Gasteiger charge is 2.59. The first-order valence-electron chi connectivity index (χ1n) is 23.1. The van der Waals surface area contributed by atoms with Crippen LogP contribution in [0.3, 0.4) is 0 Å².